The van der Waals surface area contributed by atoms with Crippen LogP contribution in [0.25, 0.3) is 5.69 Å². The molecular weight excluding hydrogens is 302 g/mol. The Morgan fingerprint density at radius 1 is 1.29 bits per heavy atom. The topological polar surface area (TPSA) is 66.3 Å². The molecule has 5 heteroatoms. The Bertz CT molecular complexity index is 751. The Hall–Kier alpha value is -2.11. The summed E-state index contributed by atoms with van der Waals surface area (Å²) in [5.74, 6) is -0.00385. The summed E-state index contributed by atoms with van der Waals surface area (Å²) >= 11 is 0. The smallest absolute Gasteiger partial charge is 0.253 e. The number of hydrogen-bond donors (Lipinski definition) is 3. The molecule has 2 heterocycles. The zero-order valence-electron chi connectivity index (χ0n) is 14.5. The number of carbonyl (C=O) groups excluding carboxylic acids is 1. The Balaban J connectivity index is 1.81. The number of amides is 1. The second-order valence-electron chi connectivity index (χ2n) is 6.60. The van der Waals surface area contributed by atoms with Crippen molar-refractivity contribution in [2.75, 3.05) is 19.6 Å². The second kappa shape index (κ2) is 6.79. The van der Waals surface area contributed by atoms with Crippen LogP contribution in [0.1, 0.15) is 27.3 Å². The van der Waals surface area contributed by atoms with Gasteiger partial charge in [-0.15, -0.1) is 0 Å². The largest absolute Gasteiger partial charge is 0.391 e. The maximum Gasteiger partial charge on any atom is 0.253 e. The fourth-order valence-electron chi connectivity index (χ4n) is 3.42. The maximum atomic E-state index is 12.6. The lowest BCUT2D eigenvalue weighted by Gasteiger charge is -2.15. The zero-order valence-corrected chi connectivity index (χ0v) is 14.5. The summed E-state index contributed by atoms with van der Waals surface area (Å²) < 4.78 is 2.12. The molecule has 2 atom stereocenters. The van der Waals surface area contributed by atoms with Gasteiger partial charge in [-0.05, 0) is 38.5 Å². The molecule has 0 saturated carbocycles. The molecule has 1 amide bonds. The summed E-state index contributed by atoms with van der Waals surface area (Å²) in [6.45, 7) is 7.89. The minimum atomic E-state index is -0.385. The van der Waals surface area contributed by atoms with Crippen LogP contribution in [0.5, 0.6) is 0 Å². The van der Waals surface area contributed by atoms with E-state index in [0.29, 0.717) is 18.7 Å². The van der Waals surface area contributed by atoms with Crippen molar-refractivity contribution >= 4 is 5.91 Å². The van der Waals surface area contributed by atoms with Gasteiger partial charge in [0.05, 0.1) is 11.7 Å². The van der Waals surface area contributed by atoms with Crippen molar-refractivity contribution in [1.82, 2.24) is 15.2 Å². The Kier molecular flexibility index (Phi) is 4.73. The molecule has 3 N–H and O–H groups in total. The van der Waals surface area contributed by atoms with Crippen LogP contribution in [0.15, 0.2) is 30.3 Å². The number of aromatic nitrogens is 1. The molecule has 3 rings (SSSR count). The normalized spacial score (nSPS) is 20.3. The van der Waals surface area contributed by atoms with E-state index in [1.807, 2.05) is 32.0 Å². The number of aliphatic hydroxyl groups excluding tert-OH is 1. The van der Waals surface area contributed by atoms with Crippen molar-refractivity contribution in [3.63, 3.8) is 0 Å². The minimum Gasteiger partial charge on any atom is -0.391 e. The van der Waals surface area contributed by atoms with Gasteiger partial charge in [0.15, 0.2) is 0 Å². The Morgan fingerprint density at radius 3 is 2.71 bits per heavy atom. The third-order valence-corrected chi connectivity index (χ3v) is 4.86. The maximum absolute atomic E-state index is 12.6. The number of aryl methyl sites for hydroxylation is 2. The molecule has 1 saturated heterocycles. The van der Waals surface area contributed by atoms with E-state index in [1.165, 1.54) is 5.56 Å². The van der Waals surface area contributed by atoms with Gasteiger partial charge in [-0.3, -0.25) is 4.79 Å². The summed E-state index contributed by atoms with van der Waals surface area (Å²) in [4.78, 5) is 12.6. The lowest BCUT2D eigenvalue weighted by Crippen LogP contribution is -2.34. The number of nitrogens with zero attached hydrogens (tertiary/aromatic N) is 1. The predicted molar refractivity (Wildman–Crippen MR) is 94.7 cm³/mol. The van der Waals surface area contributed by atoms with Gasteiger partial charge in [0.2, 0.25) is 0 Å². The monoisotopic (exact) mass is 327 g/mol. The van der Waals surface area contributed by atoms with Crippen molar-refractivity contribution in [3.8, 4) is 5.69 Å². The van der Waals surface area contributed by atoms with Crippen LogP contribution in [-0.2, 0) is 0 Å². The molecule has 2 aromatic rings. The summed E-state index contributed by atoms with van der Waals surface area (Å²) in [5.41, 5.74) is 4.93. The second-order valence-corrected chi connectivity index (χ2v) is 6.60. The fraction of sp³-hybridized carbons (Fsp3) is 0.421. The number of rotatable bonds is 4. The van der Waals surface area contributed by atoms with E-state index >= 15 is 0 Å². The number of nitrogens with one attached hydrogen (secondary N) is 2. The summed E-state index contributed by atoms with van der Waals surface area (Å²) in [6.07, 6.45) is -0.385. The molecule has 1 aliphatic rings. The standard InChI is InChI=1S/C19H25N3O2/c1-12-6-4-5-7-17(12)22-13(2)8-16(14(22)3)19(24)21-10-15-9-20-11-18(15)23/h4-8,15,18,20,23H,9-11H2,1-3H3,(H,21,24). The van der Waals surface area contributed by atoms with Crippen LogP contribution in [0.3, 0.4) is 0 Å². The van der Waals surface area contributed by atoms with Gasteiger partial charge < -0.3 is 20.3 Å². The third-order valence-electron chi connectivity index (χ3n) is 4.86. The number of aliphatic hydroxyl groups is 1. The SMILES string of the molecule is Cc1ccccc1-n1c(C)cc(C(=O)NCC2CNCC2O)c1C. The van der Waals surface area contributed by atoms with Gasteiger partial charge in [0.1, 0.15) is 0 Å². The molecule has 0 radical (unpaired) electrons. The van der Waals surface area contributed by atoms with Gasteiger partial charge in [0, 0.05) is 42.6 Å². The molecule has 24 heavy (non-hydrogen) atoms. The van der Waals surface area contributed by atoms with Gasteiger partial charge in [-0.25, -0.2) is 0 Å². The first-order valence-electron chi connectivity index (χ1n) is 8.41. The number of hydrogen-bond acceptors (Lipinski definition) is 3. The molecular formula is C19H25N3O2. The quantitative estimate of drug-likeness (QED) is 0.801. The molecule has 0 bridgehead atoms. The van der Waals surface area contributed by atoms with Crippen LogP contribution in [0.4, 0.5) is 0 Å². The van der Waals surface area contributed by atoms with Crippen LogP contribution in [-0.4, -0.2) is 41.3 Å². The molecule has 0 aliphatic carbocycles. The molecule has 2 unspecified atom stereocenters. The molecule has 128 valence electrons. The number of benzene rings is 1. The summed E-state index contributed by atoms with van der Waals surface area (Å²) in [5, 5.41) is 15.9. The highest BCUT2D eigenvalue weighted by Gasteiger charge is 2.26. The van der Waals surface area contributed by atoms with E-state index in [2.05, 4.69) is 34.3 Å². The zero-order chi connectivity index (χ0) is 17.3. The van der Waals surface area contributed by atoms with Crippen molar-refractivity contribution in [1.29, 1.82) is 0 Å². The minimum absolute atomic E-state index is 0.0776. The van der Waals surface area contributed by atoms with E-state index in [4.69, 9.17) is 0 Å². The molecule has 5 nitrogen and oxygen atoms in total. The van der Waals surface area contributed by atoms with E-state index < -0.39 is 0 Å². The van der Waals surface area contributed by atoms with E-state index in [-0.39, 0.29) is 17.9 Å². The summed E-state index contributed by atoms with van der Waals surface area (Å²) in [7, 11) is 0. The molecule has 1 aromatic carbocycles. The third kappa shape index (κ3) is 3.09. The first kappa shape index (κ1) is 16.7. The van der Waals surface area contributed by atoms with Crippen LogP contribution >= 0.6 is 0 Å². The highest BCUT2D eigenvalue weighted by atomic mass is 16.3. The van der Waals surface area contributed by atoms with Crippen molar-refractivity contribution in [2.45, 2.75) is 26.9 Å². The first-order chi connectivity index (χ1) is 11.5. The van der Waals surface area contributed by atoms with Crippen molar-refractivity contribution < 1.29 is 9.90 Å². The number of β-amino-alcohol motifs (C(OH)–C–C–N with tert-alkyl or cyclic N) is 1. The van der Waals surface area contributed by atoms with E-state index in [0.717, 1.165) is 23.6 Å². The highest BCUT2D eigenvalue weighted by Crippen LogP contribution is 2.23. The van der Waals surface area contributed by atoms with E-state index in [9.17, 15) is 9.90 Å². The van der Waals surface area contributed by atoms with Gasteiger partial charge >= 0.3 is 0 Å². The van der Waals surface area contributed by atoms with Crippen LogP contribution < -0.4 is 10.6 Å². The number of para-hydroxylation sites is 1. The van der Waals surface area contributed by atoms with Crippen LogP contribution in [0.2, 0.25) is 0 Å². The van der Waals surface area contributed by atoms with Crippen LogP contribution in [0, 0.1) is 26.7 Å². The van der Waals surface area contributed by atoms with E-state index in [1.54, 1.807) is 0 Å². The fourth-order valence-corrected chi connectivity index (χ4v) is 3.42. The molecule has 1 aliphatic heterocycles. The highest BCUT2D eigenvalue weighted by molar-refractivity contribution is 5.96. The number of carbonyl (C=O) groups is 1. The van der Waals surface area contributed by atoms with Gasteiger partial charge in [-0.1, -0.05) is 18.2 Å². The van der Waals surface area contributed by atoms with Gasteiger partial charge in [0.25, 0.3) is 5.91 Å². The summed E-state index contributed by atoms with van der Waals surface area (Å²) in [6, 6.07) is 10.1. The average Bonchev–Trinajstić information content (AvgIpc) is 3.09. The first-order valence-corrected chi connectivity index (χ1v) is 8.41. The Labute approximate surface area is 142 Å². The predicted octanol–water partition coefficient (Wildman–Crippen LogP) is 1.71. The average molecular weight is 327 g/mol. The lowest BCUT2D eigenvalue weighted by molar-refractivity contribution is 0.0926. The molecule has 1 aromatic heterocycles. The lowest BCUT2D eigenvalue weighted by atomic mass is 10.1. The Morgan fingerprint density at radius 2 is 2.04 bits per heavy atom. The van der Waals surface area contributed by atoms with Crippen molar-refractivity contribution in [3.05, 3.63) is 52.8 Å². The molecule has 1 fully saturated rings. The van der Waals surface area contributed by atoms with Gasteiger partial charge in [-0.2, -0.15) is 0 Å². The van der Waals surface area contributed by atoms with Crippen molar-refractivity contribution in [2.24, 2.45) is 5.92 Å². The molecule has 0 spiro atoms.